The summed E-state index contributed by atoms with van der Waals surface area (Å²) < 4.78 is 0. The number of nitrogens with zero attached hydrogens (tertiary/aromatic N) is 1. The summed E-state index contributed by atoms with van der Waals surface area (Å²) >= 11 is 0. The van der Waals surface area contributed by atoms with Crippen molar-refractivity contribution in [3.05, 3.63) is 0 Å². The van der Waals surface area contributed by atoms with Gasteiger partial charge < -0.3 is 10.2 Å². The van der Waals surface area contributed by atoms with E-state index in [0.717, 1.165) is 17.9 Å². The predicted molar refractivity (Wildman–Crippen MR) is 76.8 cm³/mol. The summed E-state index contributed by atoms with van der Waals surface area (Å²) in [4.78, 5) is 2.86. The van der Waals surface area contributed by atoms with E-state index >= 15 is 0 Å². The summed E-state index contributed by atoms with van der Waals surface area (Å²) in [5.74, 6) is 2.04. The first-order valence-corrected chi connectivity index (χ1v) is 8.38. The van der Waals surface area contributed by atoms with E-state index in [1.54, 1.807) is 0 Å². The van der Waals surface area contributed by atoms with Gasteiger partial charge >= 0.3 is 0 Å². The van der Waals surface area contributed by atoms with Gasteiger partial charge in [0.1, 0.15) is 0 Å². The Balaban J connectivity index is 1.42. The van der Waals surface area contributed by atoms with Crippen molar-refractivity contribution in [3.63, 3.8) is 0 Å². The average molecular weight is 250 g/mol. The molecule has 0 amide bonds. The van der Waals surface area contributed by atoms with Crippen LogP contribution in [-0.4, -0.2) is 37.1 Å². The van der Waals surface area contributed by atoms with Crippen LogP contribution in [0.3, 0.4) is 0 Å². The van der Waals surface area contributed by atoms with Crippen LogP contribution >= 0.6 is 0 Å². The number of fused-ring (bicyclic) bond motifs is 1. The predicted octanol–water partition coefficient (Wildman–Crippen LogP) is 3.03. The number of likely N-dealkylation sites (tertiary alicyclic amines) is 1. The fraction of sp³-hybridized carbons (Fsp3) is 1.00. The third kappa shape index (κ3) is 3.08. The van der Waals surface area contributed by atoms with E-state index in [-0.39, 0.29) is 0 Å². The van der Waals surface area contributed by atoms with E-state index in [1.165, 1.54) is 84.0 Å². The Labute approximate surface area is 113 Å². The van der Waals surface area contributed by atoms with Crippen molar-refractivity contribution in [1.29, 1.82) is 0 Å². The van der Waals surface area contributed by atoms with Crippen molar-refractivity contribution in [3.8, 4) is 0 Å². The zero-order chi connectivity index (χ0) is 12.2. The molecule has 1 saturated carbocycles. The Kier molecular flexibility index (Phi) is 4.58. The summed E-state index contributed by atoms with van der Waals surface area (Å²) in [6.45, 7) is 5.33. The molecule has 2 aliphatic heterocycles. The first kappa shape index (κ1) is 12.9. The molecule has 0 spiro atoms. The highest BCUT2D eigenvalue weighted by Gasteiger charge is 2.32. The largest absolute Gasteiger partial charge is 0.316 e. The highest BCUT2D eigenvalue weighted by atomic mass is 15.2. The fourth-order valence-electron chi connectivity index (χ4n) is 4.55. The lowest BCUT2D eigenvalue weighted by molar-refractivity contribution is 0.0588. The quantitative estimate of drug-likeness (QED) is 0.825. The van der Waals surface area contributed by atoms with Crippen LogP contribution in [0.1, 0.15) is 57.8 Å². The summed E-state index contributed by atoms with van der Waals surface area (Å²) in [5.41, 5.74) is 0. The summed E-state index contributed by atoms with van der Waals surface area (Å²) in [5, 5.41) is 3.49. The Hall–Kier alpha value is -0.0800. The maximum Gasteiger partial charge on any atom is 0.0123 e. The van der Waals surface area contributed by atoms with Crippen molar-refractivity contribution >= 4 is 0 Å². The lowest BCUT2D eigenvalue weighted by Gasteiger charge is -2.44. The monoisotopic (exact) mass is 250 g/mol. The van der Waals surface area contributed by atoms with Gasteiger partial charge in [-0.25, -0.2) is 0 Å². The van der Waals surface area contributed by atoms with Crippen LogP contribution in [0.25, 0.3) is 0 Å². The van der Waals surface area contributed by atoms with E-state index in [0.29, 0.717) is 0 Å². The smallest absolute Gasteiger partial charge is 0.0123 e. The van der Waals surface area contributed by atoms with Crippen molar-refractivity contribution in [2.24, 2.45) is 11.8 Å². The van der Waals surface area contributed by atoms with E-state index in [1.807, 2.05) is 0 Å². The molecule has 2 heterocycles. The zero-order valence-electron chi connectivity index (χ0n) is 11.9. The molecule has 1 unspecified atom stereocenters. The summed E-state index contributed by atoms with van der Waals surface area (Å²) in [7, 11) is 0. The third-order valence-corrected chi connectivity index (χ3v) is 5.58. The van der Waals surface area contributed by atoms with E-state index < -0.39 is 0 Å². The van der Waals surface area contributed by atoms with Gasteiger partial charge in [0.25, 0.3) is 0 Å². The van der Waals surface area contributed by atoms with Crippen molar-refractivity contribution < 1.29 is 0 Å². The van der Waals surface area contributed by atoms with Crippen LogP contribution in [0.4, 0.5) is 0 Å². The molecule has 3 aliphatic rings. The minimum Gasteiger partial charge on any atom is -0.316 e. The van der Waals surface area contributed by atoms with Crippen molar-refractivity contribution in [2.45, 2.75) is 63.8 Å². The molecule has 3 atom stereocenters. The number of hydrogen-bond donors (Lipinski definition) is 1. The first-order valence-electron chi connectivity index (χ1n) is 8.38. The highest BCUT2D eigenvalue weighted by molar-refractivity contribution is 4.87. The molecule has 0 bridgehead atoms. The zero-order valence-corrected chi connectivity index (χ0v) is 11.9. The van der Waals surface area contributed by atoms with Crippen LogP contribution in [0.15, 0.2) is 0 Å². The number of hydrogen-bond acceptors (Lipinski definition) is 2. The van der Waals surface area contributed by atoms with Gasteiger partial charge in [0, 0.05) is 6.04 Å². The molecule has 2 saturated heterocycles. The minimum atomic E-state index is 0.967. The Bertz CT molecular complexity index is 245. The van der Waals surface area contributed by atoms with Gasteiger partial charge in [-0.05, 0) is 83.0 Å². The molecule has 1 aliphatic carbocycles. The molecule has 0 aromatic heterocycles. The molecule has 2 nitrogen and oxygen atoms in total. The minimum absolute atomic E-state index is 0.967. The van der Waals surface area contributed by atoms with Gasteiger partial charge in [-0.3, -0.25) is 0 Å². The molecule has 0 radical (unpaired) electrons. The van der Waals surface area contributed by atoms with Gasteiger partial charge in [-0.1, -0.05) is 12.8 Å². The normalized spacial score (nSPS) is 37.7. The Morgan fingerprint density at radius 3 is 2.78 bits per heavy atom. The molecular weight excluding hydrogens is 220 g/mol. The second kappa shape index (κ2) is 6.38. The van der Waals surface area contributed by atoms with E-state index in [9.17, 15) is 0 Å². The second-order valence-electron chi connectivity index (χ2n) is 6.79. The summed E-state index contributed by atoms with van der Waals surface area (Å²) in [6.07, 6.45) is 13.3. The maximum atomic E-state index is 3.49. The van der Waals surface area contributed by atoms with E-state index in [4.69, 9.17) is 0 Å². The van der Waals surface area contributed by atoms with Crippen LogP contribution in [0.2, 0.25) is 0 Å². The first-order chi connectivity index (χ1) is 8.93. The topological polar surface area (TPSA) is 15.3 Å². The lowest BCUT2D eigenvalue weighted by atomic mass is 9.78. The molecule has 104 valence electrons. The van der Waals surface area contributed by atoms with Crippen LogP contribution < -0.4 is 5.32 Å². The SMILES string of the molecule is C1CC[C@@H]2[C@H](C1)CCCN2CCCC1CCNC1. The number of piperidine rings is 1. The number of rotatable bonds is 4. The summed E-state index contributed by atoms with van der Waals surface area (Å²) in [6, 6.07) is 0.967. The lowest BCUT2D eigenvalue weighted by Crippen LogP contribution is -2.47. The molecular formula is C16H30N2. The van der Waals surface area contributed by atoms with E-state index in [2.05, 4.69) is 10.2 Å². The average Bonchev–Trinajstić information content (AvgIpc) is 2.92. The molecule has 0 aromatic rings. The molecule has 3 rings (SSSR count). The second-order valence-corrected chi connectivity index (χ2v) is 6.79. The van der Waals surface area contributed by atoms with Crippen LogP contribution in [0, 0.1) is 11.8 Å². The molecule has 2 heteroatoms. The molecule has 1 N–H and O–H groups in total. The number of nitrogens with one attached hydrogen (secondary N) is 1. The maximum absolute atomic E-state index is 3.49. The van der Waals surface area contributed by atoms with Gasteiger partial charge in [0.2, 0.25) is 0 Å². The van der Waals surface area contributed by atoms with Crippen LogP contribution in [0.5, 0.6) is 0 Å². The highest BCUT2D eigenvalue weighted by Crippen LogP contribution is 2.35. The third-order valence-electron chi connectivity index (χ3n) is 5.58. The van der Waals surface area contributed by atoms with Gasteiger partial charge in [0.05, 0.1) is 0 Å². The molecule has 3 fully saturated rings. The van der Waals surface area contributed by atoms with Crippen LogP contribution in [-0.2, 0) is 0 Å². The fourth-order valence-corrected chi connectivity index (χ4v) is 4.55. The van der Waals surface area contributed by atoms with Gasteiger partial charge in [-0.15, -0.1) is 0 Å². The Morgan fingerprint density at radius 2 is 1.89 bits per heavy atom. The van der Waals surface area contributed by atoms with Crippen molar-refractivity contribution in [1.82, 2.24) is 10.2 Å². The molecule has 0 aromatic carbocycles. The van der Waals surface area contributed by atoms with Gasteiger partial charge in [-0.2, -0.15) is 0 Å². The Morgan fingerprint density at radius 1 is 1.00 bits per heavy atom. The van der Waals surface area contributed by atoms with Crippen molar-refractivity contribution in [2.75, 3.05) is 26.2 Å². The van der Waals surface area contributed by atoms with Gasteiger partial charge in [0.15, 0.2) is 0 Å². The molecule has 18 heavy (non-hydrogen) atoms. The standard InChI is InChI=1S/C16H30N2/c1-2-8-16-15(6-1)7-4-12-18(16)11-3-5-14-9-10-17-13-14/h14-17H,1-13H2/t14?,15-,16-/m1/s1.